The molecule has 0 saturated carbocycles. The average molecular weight is 588 g/mol. The molecule has 0 aliphatic carbocycles. The molecule has 11 nitrogen and oxygen atoms in total. The molecular weight excluding hydrogens is 534 g/mol. The van der Waals surface area contributed by atoms with Crippen LogP contribution < -0.4 is 48.4 Å². The molecular formula is C31H53N7O4. The lowest BCUT2D eigenvalue weighted by atomic mass is 10.0. The fraction of sp³-hybridized carbons (Fsp3) is 0.613. The maximum absolute atomic E-state index is 13.3. The minimum Gasteiger partial charge on any atom is -0.493 e. The number of carbonyl (C=O) groups is 2. The van der Waals surface area contributed by atoms with Crippen LogP contribution in [0.1, 0.15) is 93.5 Å². The number of nitrogens with one attached hydrogen (secondary N) is 3. The maximum atomic E-state index is 13.3. The number of allylic oxidation sites excluding steroid dienone is 2. The molecule has 1 saturated heterocycles. The van der Waals surface area contributed by atoms with Crippen LogP contribution in [0.2, 0.25) is 0 Å². The Labute approximate surface area is 251 Å². The van der Waals surface area contributed by atoms with Crippen LogP contribution >= 0.6 is 0 Å². The third kappa shape index (κ3) is 13.4. The summed E-state index contributed by atoms with van der Waals surface area (Å²) in [7, 11) is 0. The number of piperidine rings is 1. The van der Waals surface area contributed by atoms with Gasteiger partial charge >= 0.3 is 0 Å². The van der Waals surface area contributed by atoms with Gasteiger partial charge in [0.1, 0.15) is 11.5 Å². The van der Waals surface area contributed by atoms with E-state index in [4.69, 9.17) is 32.4 Å². The van der Waals surface area contributed by atoms with Gasteiger partial charge in [-0.1, -0.05) is 6.92 Å². The largest absolute Gasteiger partial charge is 0.493 e. The van der Waals surface area contributed by atoms with E-state index in [2.05, 4.69) is 16.0 Å². The first kappa shape index (κ1) is 34.6. The molecule has 0 aromatic heterocycles. The van der Waals surface area contributed by atoms with Gasteiger partial charge in [0.15, 0.2) is 0 Å². The van der Waals surface area contributed by atoms with Crippen LogP contribution in [0.4, 0.5) is 0 Å². The summed E-state index contributed by atoms with van der Waals surface area (Å²) in [5.41, 5.74) is 25.3. The van der Waals surface area contributed by atoms with Crippen LogP contribution in [0.3, 0.4) is 0 Å². The van der Waals surface area contributed by atoms with Crippen molar-refractivity contribution in [1.29, 1.82) is 0 Å². The molecule has 1 heterocycles. The van der Waals surface area contributed by atoms with Crippen LogP contribution in [0.15, 0.2) is 35.9 Å². The Morgan fingerprint density at radius 2 is 1.48 bits per heavy atom. The molecule has 1 aromatic carbocycles. The van der Waals surface area contributed by atoms with Crippen LogP contribution in [0.25, 0.3) is 0 Å². The van der Waals surface area contributed by atoms with Crippen molar-refractivity contribution < 1.29 is 19.1 Å². The van der Waals surface area contributed by atoms with Crippen molar-refractivity contribution in [2.75, 3.05) is 32.8 Å². The monoisotopic (exact) mass is 587 g/mol. The molecule has 0 atom stereocenters. The van der Waals surface area contributed by atoms with Crippen LogP contribution in [0.5, 0.6) is 11.5 Å². The van der Waals surface area contributed by atoms with Crippen molar-refractivity contribution in [3.8, 4) is 11.5 Å². The van der Waals surface area contributed by atoms with Gasteiger partial charge in [-0.05, 0) is 95.9 Å². The van der Waals surface area contributed by atoms with Crippen LogP contribution in [-0.2, 0) is 11.2 Å². The van der Waals surface area contributed by atoms with Crippen molar-refractivity contribution in [1.82, 2.24) is 16.0 Å². The van der Waals surface area contributed by atoms with Crippen LogP contribution in [-0.4, -0.2) is 50.7 Å². The number of rotatable bonds is 20. The summed E-state index contributed by atoms with van der Waals surface area (Å²) in [5.74, 6) is 1.16. The summed E-state index contributed by atoms with van der Waals surface area (Å²) >= 11 is 0. The van der Waals surface area contributed by atoms with Gasteiger partial charge in [-0.25, -0.2) is 0 Å². The van der Waals surface area contributed by atoms with Crippen molar-refractivity contribution >= 4 is 11.8 Å². The molecule has 2 amide bonds. The van der Waals surface area contributed by atoms with E-state index >= 15 is 0 Å². The van der Waals surface area contributed by atoms with Gasteiger partial charge in [-0.3, -0.25) is 9.59 Å². The summed E-state index contributed by atoms with van der Waals surface area (Å²) in [6.07, 6.45) is 11.9. The number of nitrogens with two attached hydrogens (primary N) is 4. The predicted molar refractivity (Wildman–Crippen MR) is 168 cm³/mol. The summed E-state index contributed by atoms with van der Waals surface area (Å²) in [6, 6.07) is 3.76. The lowest BCUT2D eigenvalue weighted by Crippen LogP contribution is -2.42. The highest BCUT2D eigenvalue weighted by molar-refractivity contribution is 5.95. The fourth-order valence-corrected chi connectivity index (χ4v) is 4.69. The molecule has 0 bridgehead atoms. The predicted octanol–water partition coefficient (Wildman–Crippen LogP) is 2.63. The van der Waals surface area contributed by atoms with Crippen molar-refractivity contribution in [2.24, 2.45) is 22.9 Å². The summed E-state index contributed by atoms with van der Waals surface area (Å²) in [4.78, 5) is 25.3. The van der Waals surface area contributed by atoms with Crippen molar-refractivity contribution in [3.63, 3.8) is 0 Å². The molecule has 1 aliphatic heterocycles. The van der Waals surface area contributed by atoms with E-state index in [1.807, 2.05) is 19.1 Å². The number of hydrogen-bond donors (Lipinski definition) is 7. The molecule has 0 spiro atoms. The quantitative estimate of drug-likeness (QED) is 0.112. The maximum Gasteiger partial charge on any atom is 0.251 e. The van der Waals surface area contributed by atoms with Gasteiger partial charge in [-0.15, -0.1) is 0 Å². The molecule has 11 N–H and O–H groups in total. The van der Waals surface area contributed by atoms with E-state index in [9.17, 15) is 9.59 Å². The second-order valence-electron chi connectivity index (χ2n) is 10.7. The lowest BCUT2D eigenvalue weighted by Gasteiger charge is -2.24. The Balaban J connectivity index is 2.23. The standard InChI is InChI=1S/C31H53N7O4/c1-2-8-30(39)37-14-7-11-27-28(41-17-5-3-9-24(34)21-32)19-23(31(40)38-26-12-15-36-16-13-26)20-29(27)42-18-6-4-10-25(35)22-33/h19-22,26,36H,2-18,32-35H2,1H3,(H,37,39)(H,38,40)/b24-21-,25-22-. The van der Waals surface area contributed by atoms with Gasteiger partial charge in [0.05, 0.1) is 13.2 Å². The molecule has 42 heavy (non-hydrogen) atoms. The normalized spacial score (nSPS) is 14.4. The molecule has 1 fully saturated rings. The Morgan fingerprint density at radius 3 is 2.00 bits per heavy atom. The van der Waals surface area contributed by atoms with E-state index in [0.29, 0.717) is 80.3 Å². The molecule has 0 radical (unpaired) electrons. The zero-order chi connectivity index (χ0) is 30.6. The average Bonchev–Trinajstić information content (AvgIpc) is 2.99. The highest BCUT2D eigenvalue weighted by Gasteiger charge is 2.21. The first-order valence-electron chi connectivity index (χ1n) is 15.4. The third-order valence-corrected chi connectivity index (χ3v) is 7.17. The summed E-state index contributed by atoms with van der Waals surface area (Å²) in [5, 5.41) is 9.48. The molecule has 1 aromatic rings. The Morgan fingerprint density at radius 1 is 0.905 bits per heavy atom. The first-order valence-corrected chi connectivity index (χ1v) is 15.4. The van der Waals surface area contributed by atoms with E-state index < -0.39 is 0 Å². The van der Waals surface area contributed by atoms with Crippen molar-refractivity contribution in [3.05, 3.63) is 47.1 Å². The SMILES string of the molecule is CCCC(=O)NCCCc1c(OCCCC/C(N)=C/N)cc(C(=O)NC2CCNCC2)cc1OCCCC/C(N)=C/N. The number of hydrogen-bond acceptors (Lipinski definition) is 9. The number of benzene rings is 1. The van der Waals surface area contributed by atoms with E-state index in [-0.39, 0.29) is 17.9 Å². The molecule has 236 valence electrons. The van der Waals surface area contributed by atoms with Gasteiger partial charge in [0, 0.05) is 53.9 Å². The molecule has 1 aliphatic rings. The Bertz CT molecular complexity index is 974. The van der Waals surface area contributed by atoms with E-state index in [0.717, 1.165) is 63.6 Å². The second-order valence-corrected chi connectivity index (χ2v) is 10.7. The number of unbranched alkanes of at least 4 members (excludes halogenated alkanes) is 2. The number of amides is 2. The smallest absolute Gasteiger partial charge is 0.251 e. The minimum absolute atomic E-state index is 0.0481. The number of ether oxygens (including phenoxy) is 2. The van der Waals surface area contributed by atoms with Crippen molar-refractivity contribution in [2.45, 2.75) is 90.0 Å². The van der Waals surface area contributed by atoms with E-state index in [1.165, 1.54) is 12.4 Å². The minimum atomic E-state index is -0.142. The highest BCUT2D eigenvalue weighted by atomic mass is 16.5. The number of carbonyl (C=O) groups excluding carboxylic acids is 2. The third-order valence-electron chi connectivity index (χ3n) is 7.17. The van der Waals surface area contributed by atoms with Gasteiger partial charge < -0.3 is 48.4 Å². The molecule has 2 rings (SSSR count). The first-order chi connectivity index (χ1) is 20.4. The second kappa shape index (κ2) is 20.3. The summed E-state index contributed by atoms with van der Waals surface area (Å²) in [6.45, 7) is 5.22. The fourth-order valence-electron chi connectivity index (χ4n) is 4.69. The van der Waals surface area contributed by atoms with Gasteiger partial charge in [-0.2, -0.15) is 0 Å². The van der Waals surface area contributed by atoms with E-state index in [1.54, 1.807) is 0 Å². The topological polar surface area (TPSA) is 193 Å². The molecule has 0 unspecified atom stereocenters. The Kier molecular flexibility index (Phi) is 16.7. The lowest BCUT2D eigenvalue weighted by molar-refractivity contribution is -0.121. The summed E-state index contributed by atoms with van der Waals surface area (Å²) < 4.78 is 12.6. The zero-order valence-corrected chi connectivity index (χ0v) is 25.3. The van der Waals surface area contributed by atoms with Gasteiger partial charge in [0.25, 0.3) is 5.91 Å². The zero-order valence-electron chi connectivity index (χ0n) is 25.3. The Hall–Kier alpha value is -3.60. The molecule has 11 heteroatoms. The van der Waals surface area contributed by atoms with Gasteiger partial charge in [0.2, 0.25) is 5.91 Å². The van der Waals surface area contributed by atoms with Crippen LogP contribution in [0, 0.1) is 0 Å². The highest BCUT2D eigenvalue weighted by Crippen LogP contribution is 2.33.